The van der Waals surface area contributed by atoms with Gasteiger partial charge in [0.1, 0.15) is 18.3 Å². The minimum atomic E-state index is -1.06. The molecule has 3 atom stereocenters. The summed E-state index contributed by atoms with van der Waals surface area (Å²) < 4.78 is 16.4. The number of rotatable bonds is 4. The summed E-state index contributed by atoms with van der Waals surface area (Å²) in [5, 5.41) is 19.2. The molecule has 96 valence electrons. The Bertz CT molecular complexity index is 233. The number of aliphatic hydroxyl groups is 2. The van der Waals surface area contributed by atoms with Gasteiger partial charge in [-0.15, -0.1) is 0 Å². The second kappa shape index (κ2) is 4.58. The van der Waals surface area contributed by atoms with Crippen molar-refractivity contribution in [3.63, 3.8) is 0 Å². The molecular formula is C11H22O5. The molecule has 1 rings (SSSR count). The summed E-state index contributed by atoms with van der Waals surface area (Å²) in [6, 6.07) is 0. The standard InChI is InChI=1S/C11H22O5/c1-10(2,13)9(14-5)8-7(6-12)15-11(3,4)16-8/h7-9,12-13H,6H2,1-5H3/t7-,8-,9-/m0/s1. The molecule has 0 bridgehead atoms. The van der Waals surface area contributed by atoms with E-state index in [2.05, 4.69) is 0 Å². The molecule has 1 aliphatic heterocycles. The molecule has 0 spiro atoms. The van der Waals surface area contributed by atoms with Crippen molar-refractivity contribution < 1.29 is 24.4 Å². The van der Waals surface area contributed by atoms with Crippen molar-refractivity contribution in [2.24, 2.45) is 0 Å². The monoisotopic (exact) mass is 234 g/mol. The highest BCUT2D eigenvalue weighted by molar-refractivity contribution is 4.94. The second-order valence-corrected chi connectivity index (χ2v) is 5.13. The van der Waals surface area contributed by atoms with Gasteiger partial charge in [-0.05, 0) is 27.7 Å². The highest BCUT2D eigenvalue weighted by Gasteiger charge is 2.49. The first-order valence-electron chi connectivity index (χ1n) is 5.43. The molecule has 0 aliphatic carbocycles. The first kappa shape index (κ1) is 13.9. The van der Waals surface area contributed by atoms with Gasteiger partial charge in [-0.2, -0.15) is 0 Å². The molecule has 1 heterocycles. The smallest absolute Gasteiger partial charge is 0.164 e. The normalized spacial score (nSPS) is 31.7. The quantitative estimate of drug-likeness (QED) is 0.731. The lowest BCUT2D eigenvalue weighted by Gasteiger charge is -2.33. The third-order valence-electron chi connectivity index (χ3n) is 2.65. The Morgan fingerprint density at radius 3 is 2.31 bits per heavy atom. The number of methoxy groups -OCH3 is 1. The molecule has 1 fully saturated rings. The van der Waals surface area contributed by atoms with Crippen LogP contribution in [-0.4, -0.2) is 53.6 Å². The molecule has 2 N–H and O–H groups in total. The average molecular weight is 234 g/mol. The van der Waals surface area contributed by atoms with E-state index in [0.717, 1.165) is 0 Å². The molecular weight excluding hydrogens is 212 g/mol. The number of ether oxygens (including phenoxy) is 3. The van der Waals surface area contributed by atoms with E-state index >= 15 is 0 Å². The Hall–Kier alpha value is -0.200. The maximum atomic E-state index is 9.98. The molecule has 5 heteroatoms. The highest BCUT2D eigenvalue weighted by atomic mass is 16.8. The van der Waals surface area contributed by atoms with Crippen molar-refractivity contribution in [3.05, 3.63) is 0 Å². The lowest BCUT2D eigenvalue weighted by atomic mass is 9.94. The molecule has 0 radical (unpaired) electrons. The molecule has 0 saturated carbocycles. The Labute approximate surface area is 96.3 Å². The summed E-state index contributed by atoms with van der Waals surface area (Å²) in [5.41, 5.74) is -1.06. The first-order valence-corrected chi connectivity index (χ1v) is 5.43. The van der Waals surface area contributed by atoms with Crippen molar-refractivity contribution in [1.82, 2.24) is 0 Å². The van der Waals surface area contributed by atoms with Crippen molar-refractivity contribution in [3.8, 4) is 0 Å². The molecule has 0 aromatic rings. The van der Waals surface area contributed by atoms with Gasteiger partial charge in [0.2, 0.25) is 0 Å². The van der Waals surface area contributed by atoms with Crippen LogP contribution in [0.25, 0.3) is 0 Å². The van der Waals surface area contributed by atoms with Gasteiger partial charge in [-0.3, -0.25) is 0 Å². The zero-order chi connectivity index (χ0) is 12.6. The number of hydrogen-bond acceptors (Lipinski definition) is 5. The van der Waals surface area contributed by atoms with Crippen LogP contribution in [0, 0.1) is 0 Å². The van der Waals surface area contributed by atoms with Crippen LogP contribution in [0.15, 0.2) is 0 Å². The van der Waals surface area contributed by atoms with Crippen molar-refractivity contribution in [2.45, 2.75) is 57.4 Å². The average Bonchev–Trinajstić information content (AvgIpc) is 2.40. The van der Waals surface area contributed by atoms with Crippen LogP contribution < -0.4 is 0 Å². The lowest BCUT2D eigenvalue weighted by Crippen LogP contribution is -2.50. The zero-order valence-corrected chi connectivity index (χ0v) is 10.6. The van der Waals surface area contributed by atoms with E-state index in [1.165, 1.54) is 7.11 Å². The van der Waals surface area contributed by atoms with E-state index in [-0.39, 0.29) is 6.61 Å². The third kappa shape index (κ3) is 2.93. The third-order valence-corrected chi connectivity index (χ3v) is 2.65. The first-order chi connectivity index (χ1) is 7.21. The summed E-state index contributed by atoms with van der Waals surface area (Å²) in [7, 11) is 1.51. The maximum absolute atomic E-state index is 9.98. The van der Waals surface area contributed by atoms with Gasteiger partial charge in [-0.25, -0.2) is 0 Å². The van der Waals surface area contributed by atoms with Gasteiger partial charge in [0, 0.05) is 7.11 Å². The Morgan fingerprint density at radius 2 is 1.94 bits per heavy atom. The van der Waals surface area contributed by atoms with Gasteiger partial charge in [0.15, 0.2) is 5.79 Å². The number of aliphatic hydroxyl groups excluding tert-OH is 1. The van der Waals surface area contributed by atoms with Crippen molar-refractivity contribution in [2.75, 3.05) is 13.7 Å². The summed E-state index contributed by atoms with van der Waals surface area (Å²) in [6.45, 7) is 6.66. The van der Waals surface area contributed by atoms with Gasteiger partial charge in [-0.1, -0.05) is 0 Å². The summed E-state index contributed by atoms with van der Waals surface area (Å²) in [4.78, 5) is 0. The topological polar surface area (TPSA) is 68.2 Å². The summed E-state index contributed by atoms with van der Waals surface area (Å²) in [5.74, 6) is -0.764. The van der Waals surface area contributed by atoms with E-state index in [9.17, 15) is 10.2 Å². The largest absolute Gasteiger partial charge is 0.394 e. The summed E-state index contributed by atoms with van der Waals surface area (Å²) >= 11 is 0. The van der Waals surface area contributed by atoms with Crippen LogP contribution in [0.2, 0.25) is 0 Å². The lowest BCUT2D eigenvalue weighted by molar-refractivity contribution is -0.177. The van der Waals surface area contributed by atoms with Crippen LogP contribution in [0.4, 0.5) is 0 Å². The van der Waals surface area contributed by atoms with Gasteiger partial charge in [0.05, 0.1) is 12.2 Å². The molecule has 16 heavy (non-hydrogen) atoms. The Kier molecular flexibility index (Phi) is 3.97. The van der Waals surface area contributed by atoms with Crippen molar-refractivity contribution >= 4 is 0 Å². The molecule has 1 saturated heterocycles. The molecule has 0 aromatic carbocycles. The number of hydrogen-bond donors (Lipinski definition) is 2. The van der Waals surface area contributed by atoms with Crippen LogP contribution in [0.3, 0.4) is 0 Å². The molecule has 0 unspecified atom stereocenters. The van der Waals surface area contributed by atoms with Crippen molar-refractivity contribution in [1.29, 1.82) is 0 Å². The van der Waals surface area contributed by atoms with Crippen LogP contribution >= 0.6 is 0 Å². The maximum Gasteiger partial charge on any atom is 0.164 e. The Morgan fingerprint density at radius 1 is 1.38 bits per heavy atom. The van der Waals surface area contributed by atoms with Gasteiger partial charge in [0.25, 0.3) is 0 Å². The van der Waals surface area contributed by atoms with Gasteiger partial charge >= 0.3 is 0 Å². The predicted molar refractivity (Wildman–Crippen MR) is 58.0 cm³/mol. The zero-order valence-electron chi connectivity index (χ0n) is 10.6. The minimum Gasteiger partial charge on any atom is -0.394 e. The van der Waals surface area contributed by atoms with E-state index in [0.29, 0.717) is 0 Å². The van der Waals surface area contributed by atoms with Crippen LogP contribution in [-0.2, 0) is 14.2 Å². The minimum absolute atomic E-state index is 0.163. The SMILES string of the molecule is CO[C@@H]([C@H]1OC(C)(C)O[C@H]1CO)C(C)(C)O. The fourth-order valence-corrected chi connectivity index (χ4v) is 2.09. The van der Waals surface area contributed by atoms with E-state index in [4.69, 9.17) is 14.2 Å². The highest BCUT2D eigenvalue weighted by Crippen LogP contribution is 2.33. The fourth-order valence-electron chi connectivity index (χ4n) is 2.09. The predicted octanol–water partition coefficient (Wildman–Crippen LogP) is 0.285. The molecule has 5 nitrogen and oxygen atoms in total. The van der Waals surface area contributed by atoms with Gasteiger partial charge < -0.3 is 24.4 Å². The van der Waals surface area contributed by atoms with Crippen LogP contribution in [0.1, 0.15) is 27.7 Å². The second-order valence-electron chi connectivity index (χ2n) is 5.13. The van der Waals surface area contributed by atoms with E-state index in [1.54, 1.807) is 27.7 Å². The Balaban J connectivity index is 2.85. The molecule has 0 amide bonds. The molecule has 1 aliphatic rings. The van der Waals surface area contributed by atoms with E-state index < -0.39 is 29.7 Å². The fraction of sp³-hybridized carbons (Fsp3) is 1.00. The summed E-state index contributed by atoms with van der Waals surface area (Å²) in [6.07, 6.45) is -1.51. The molecule has 0 aromatic heterocycles. The van der Waals surface area contributed by atoms with E-state index in [1.807, 2.05) is 0 Å². The van der Waals surface area contributed by atoms with Crippen LogP contribution in [0.5, 0.6) is 0 Å².